The van der Waals surface area contributed by atoms with Crippen molar-refractivity contribution >= 4 is 66.4 Å². The van der Waals surface area contributed by atoms with Crippen molar-refractivity contribution in [1.29, 1.82) is 10.5 Å². The summed E-state index contributed by atoms with van der Waals surface area (Å²) >= 11 is 0. The second-order valence-electron chi connectivity index (χ2n) is 14.9. The molecule has 4 nitrogen and oxygen atoms in total. The SMILES string of the molecule is N#Cc1ccc(N(c2c(F)cc(-c3ccccc3)cc2F)c2ccc3ccc4c(N(c5ccc(C#N)cc5)c5c(F)cc(-c6ccccc6)cc5F)ccc5ccc2c3c54)cc1. The molecule has 10 rings (SSSR count). The van der Waals surface area contributed by atoms with Gasteiger partial charge in [-0.3, -0.25) is 0 Å². The number of halogens is 4. The molecule has 0 bridgehead atoms. The van der Waals surface area contributed by atoms with Crippen LogP contribution in [0.25, 0.3) is 54.6 Å². The minimum atomic E-state index is -0.790. The van der Waals surface area contributed by atoms with E-state index in [1.54, 1.807) is 97.1 Å². The molecule has 0 spiro atoms. The monoisotopic (exact) mass is 810 g/mol. The summed E-state index contributed by atoms with van der Waals surface area (Å²) < 4.78 is 66.6. The zero-order valence-corrected chi connectivity index (χ0v) is 32.6. The number of hydrogen-bond donors (Lipinski definition) is 0. The average molecular weight is 811 g/mol. The van der Waals surface area contributed by atoms with E-state index in [0.29, 0.717) is 66.9 Å². The van der Waals surface area contributed by atoms with Crippen LogP contribution in [0, 0.1) is 45.9 Å². The maximum absolute atomic E-state index is 16.6. The van der Waals surface area contributed by atoms with E-state index in [9.17, 15) is 10.5 Å². The molecule has 0 aliphatic rings. The third kappa shape index (κ3) is 6.39. The lowest BCUT2D eigenvalue weighted by atomic mass is 9.91. The molecule has 0 unspecified atom stereocenters. The summed E-state index contributed by atoms with van der Waals surface area (Å²) in [4.78, 5) is 3.05. The van der Waals surface area contributed by atoms with Gasteiger partial charge in [0.1, 0.15) is 11.4 Å². The van der Waals surface area contributed by atoms with Gasteiger partial charge in [0.05, 0.1) is 34.6 Å². The van der Waals surface area contributed by atoms with Gasteiger partial charge in [-0.25, -0.2) is 17.6 Å². The van der Waals surface area contributed by atoms with Gasteiger partial charge in [0.25, 0.3) is 0 Å². The summed E-state index contributed by atoms with van der Waals surface area (Å²) in [5, 5.41) is 23.7. The fraction of sp³-hybridized carbons (Fsp3) is 0. The van der Waals surface area contributed by atoms with Crippen LogP contribution in [-0.4, -0.2) is 0 Å². The third-order valence-electron chi connectivity index (χ3n) is 11.3. The largest absolute Gasteiger partial charge is 0.305 e. The Labute approximate surface area is 353 Å². The first-order chi connectivity index (χ1) is 30.3. The minimum absolute atomic E-state index is 0.304. The quantitative estimate of drug-likeness (QED) is 0.113. The maximum Gasteiger partial charge on any atom is 0.150 e. The summed E-state index contributed by atoms with van der Waals surface area (Å²) in [7, 11) is 0. The van der Waals surface area contributed by atoms with Gasteiger partial charge in [-0.05, 0) is 129 Å². The van der Waals surface area contributed by atoms with Gasteiger partial charge in [0.2, 0.25) is 0 Å². The van der Waals surface area contributed by atoms with E-state index in [1.165, 1.54) is 34.1 Å². The molecule has 0 heterocycles. The molecule has 0 fully saturated rings. The van der Waals surface area contributed by atoms with Crippen molar-refractivity contribution in [2.45, 2.75) is 0 Å². The number of anilines is 6. The minimum Gasteiger partial charge on any atom is -0.305 e. The molecule has 0 N–H and O–H groups in total. The van der Waals surface area contributed by atoms with E-state index in [4.69, 9.17) is 0 Å². The van der Waals surface area contributed by atoms with Crippen molar-refractivity contribution in [3.8, 4) is 34.4 Å². The lowest BCUT2D eigenvalue weighted by Crippen LogP contribution is -2.15. The molecule has 8 heteroatoms. The summed E-state index contributed by atoms with van der Waals surface area (Å²) in [6.07, 6.45) is 0. The van der Waals surface area contributed by atoms with E-state index in [-0.39, 0.29) is 11.4 Å². The number of nitriles is 2. The first-order valence-corrected chi connectivity index (χ1v) is 19.7. The zero-order chi connectivity index (χ0) is 42.5. The maximum atomic E-state index is 16.6. The van der Waals surface area contributed by atoms with Gasteiger partial charge in [-0.2, -0.15) is 10.5 Å². The van der Waals surface area contributed by atoms with Crippen LogP contribution in [0.5, 0.6) is 0 Å². The van der Waals surface area contributed by atoms with Crippen molar-refractivity contribution < 1.29 is 17.6 Å². The first-order valence-electron chi connectivity index (χ1n) is 19.7. The van der Waals surface area contributed by atoms with E-state index < -0.39 is 23.3 Å². The Morgan fingerprint density at radius 2 is 0.694 bits per heavy atom. The molecule has 0 saturated heterocycles. The molecular weight excluding hydrogens is 781 g/mol. The second-order valence-corrected chi connectivity index (χ2v) is 14.9. The molecule has 294 valence electrons. The van der Waals surface area contributed by atoms with Gasteiger partial charge in [-0.1, -0.05) is 97.1 Å². The molecule has 0 amide bonds. The van der Waals surface area contributed by atoms with Crippen molar-refractivity contribution in [2.75, 3.05) is 9.80 Å². The van der Waals surface area contributed by atoms with Crippen molar-refractivity contribution in [3.63, 3.8) is 0 Å². The highest BCUT2D eigenvalue weighted by molar-refractivity contribution is 6.28. The Kier molecular flexibility index (Phi) is 9.32. The van der Waals surface area contributed by atoms with Crippen molar-refractivity contribution in [3.05, 3.63) is 216 Å². The number of rotatable bonds is 8. The Balaban J connectivity index is 1.21. The van der Waals surface area contributed by atoms with Crippen LogP contribution in [0.1, 0.15) is 11.1 Å². The number of hydrogen-bond acceptors (Lipinski definition) is 4. The lowest BCUT2D eigenvalue weighted by Gasteiger charge is -2.30. The second kappa shape index (κ2) is 15.3. The Bertz CT molecular complexity index is 3140. The molecule has 0 aliphatic heterocycles. The number of benzene rings is 10. The van der Waals surface area contributed by atoms with Crippen LogP contribution in [-0.2, 0) is 0 Å². The molecule has 0 aliphatic carbocycles. The van der Waals surface area contributed by atoms with Crippen LogP contribution < -0.4 is 9.80 Å². The van der Waals surface area contributed by atoms with Gasteiger partial charge in [-0.15, -0.1) is 0 Å². The first kappa shape index (κ1) is 37.8. The van der Waals surface area contributed by atoms with E-state index in [0.717, 1.165) is 21.5 Å². The van der Waals surface area contributed by atoms with Gasteiger partial charge in [0, 0.05) is 22.1 Å². The summed E-state index contributed by atoms with van der Waals surface area (Å²) in [5.41, 5.74) is 3.98. The average Bonchev–Trinajstić information content (AvgIpc) is 3.31. The van der Waals surface area contributed by atoms with Crippen molar-refractivity contribution in [1.82, 2.24) is 0 Å². The fourth-order valence-electron chi connectivity index (χ4n) is 8.46. The number of nitrogens with zero attached hydrogens (tertiary/aromatic N) is 4. The molecule has 62 heavy (non-hydrogen) atoms. The van der Waals surface area contributed by atoms with E-state index in [1.807, 2.05) is 60.7 Å². The van der Waals surface area contributed by atoms with Gasteiger partial charge in [0.15, 0.2) is 23.3 Å². The topological polar surface area (TPSA) is 54.1 Å². The highest BCUT2D eigenvalue weighted by atomic mass is 19.1. The summed E-state index contributed by atoms with van der Waals surface area (Å²) in [5.74, 6) is -3.16. The van der Waals surface area contributed by atoms with Crippen LogP contribution >= 0.6 is 0 Å². The summed E-state index contributed by atoms with van der Waals surface area (Å²) in [6.45, 7) is 0. The van der Waals surface area contributed by atoms with Crippen LogP contribution in [0.4, 0.5) is 51.7 Å². The molecule has 0 saturated carbocycles. The Morgan fingerprint density at radius 1 is 0.355 bits per heavy atom. The molecule has 0 aromatic heterocycles. The molecule has 0 atom stereocenters. The molecule has 10 aromatic carbocycles. The van der Waals surface area contributed by atoms with Gasteiger partial charge >= 0.3 is 0 Å². The predicted octanol–water partition coefficient (Wildman–Crippen LogP) is 15.2. The van der Waals surface area contributed by atoms with Crippen LogP contribution in [0.2, 0.25) is 0 Å². The fourth-order valence-corrected chi connectivity index (χ4v) is 8.46. The molecule has 10 aromatic rings. The normalized spacial score (nSPS) is 11.2. The lowest BCUT2D eigenvalue weighted by molar-refractivity contribution is 0.586. The van der Waals surface area contributed by atoms with Crippen molar-refractivity contribution in [2.24, 2.45) is 0 Å². The predicted molar refractivity (Wildman–Crippen MR) is 240 cm³/mol. The van der Waals surface area contributed by atoms with E-state index in [2.05, 4.69) is 12.1 Å². The highest BCUT2D eigenvalue weighted by Crippen LogP contribution is 2.49. The van der Waals surface area contributed by atoms with Gasteiger partial charge < -0.3 is 9.80 Å². The zero-order valence-electron chi connectivity index (χ0n) is 32.6. The molecular formula is C54H30F4N4. The highest BCUT2D eigenvalue weighted by Gasteiger charge is 2.28. The standard InChI is InChI=1S/C54H30F4N4/c55-45-27-39(35-7-3-1-4-8-35)28-46(56)53(45)61(41-19-11-33(31-59)12-20-41)49-25-17-37-16-24-44-50(26-18-38-15-23-43(49)51(37)52(38)44)62(42-21-13-34(32-60)14-22-42)54-47(57)29-40(30-48(54)58)36-9-5-2-6-10-36/h1-30H. The third-order valence-corrected chi connectivity index (χ3v) is 11.3. The Morgan fingerprint density at radius 3 is 1.03 bits per heavy atom. The van der Waals surface area contributed by atoms with E-state index >= 15 is 17.6 Å². The summed E-state index contributed by atoms with van der Waals surface area (Å²) in [6, 6.07) is 55.5. The van der Waals surface area contributed by atoms with Crippen LogP contribution in [0.3, 0.4) is 0 Å². The van der Waals surface area contributed by atoms with Crippen LogP contribution in [0.15, 0.2) is 182 Å². The smallest absolute Gasteiger partial charge is 0.150 e. The Hall–Kier alpha value is -8.46. The molecule has 0 radical (unpaired) electrons.